The fraction of sp³-hybridized carbons (Fsp3) is 0.450. The molecule has 2 N–H and O–H groups in total. The molecule has 1 aromatic heterocycles. The average molecular weight is 388 g/mol. The van der Waals surface area contributed by atoms with Crippen LogP contribution in [0.1, 0.15) is 36.2 Å². The van der Waals surface area contributed by atoms with Crippen LogP contribution in [0.25, 0.3) is 0 Å². The number of anilines is 1. The normalized spacial score (nSPS) is 15.3. The van der Waals surface area contributed by atoms with Gasteiger partial charge in [-0.05, 0) is 38.0 Å². The number of hydrogen-bond acceptors (Lipinski definition) is 5. The lowest BCUT2D eigenvalue weighted by Crippen LogP contribution is -2.38. The number of hydrogen-bond donors (Lipinski definition) is 2. The Morgan fingerprint density at radius 3 is 2.64 bits per heavy atom. The van der Waals surface area contributed by atoms with Crippen LogP contribution in [-0.2, 0) is 16.0 Å². The second-order valence-corrected chi connectivity index (χ2v) is 6.89. The first-order valence-electron chi connectivity index (χ1n) is 9.41. The lowest BCUT2D eigenvalue weighted by atomic mass is 10.1. The number of aryl methyl sites for hydroxylation is 1. The third kappa shape index (κ3) is 4.95. The highest BCUT2D eigenvalue weighted by Gasteiger charge is 2.17. The molecule has 1 saturated heterocycles. The number of rotatable bonds is 6. The summed E-state index contributed by atoms with van der Waals surface area (Å²) in [5.41, 5.74) is 1.75. The second kappa shape index (κ2) is 8.97. The smallest absolute Gasteiger partial charge is 0.255 e. The van der Waals surface area contributed by atoms with Crippen molar-refractivity contribution in [1.29, 1.82) is 0 Å². The zero-order chi connectivity index (χ0) is 20.1. The van der Waals surface area contributed by atoms with Crippen molar-refractivity contribution in [1.82, 2.24) is 15.3 Å². The summed E-state index contributed by atoms with van der Waals surface area (Å²) in [6.07, 6.45) is 0.480. The number of carbonyl (C=O) groups is 1. The lowest BCUT2D eigenvalue weighted by Gasteiger charge is -2.27. The van der Waals surface area contributed by atoms with Gasteiger partial charge in [0.25, 0.3) is 5.56 Å². The fourth-order valence-electron chi connectivity index (χ4n) is 3.20. The van der Waals surface area contributed by atoms with Crippen molar-refractivity contribution in [2.75, 3.05) is 31.2 Å². The first-order chi connectivity index (χ1) is 13.4. The number of ether oxygens (including phenoxy) is 1. The van der Waals surface area contributed by atoms with E-state index >= 15 is 0 Å². The minimum Gasteiger partial charge on any atom is -0.378 e. The van der Waals surface area contributed by atoms with Gasteiger partial charge in [0, 0.05) is 30.8 Å². The van der Waals surface area contributed by atoms with Crippen molar-refractivity contribution in [3.63, 3.8) is 0 Å². The molecule has 3 rings (SSSR count). The SMILES string of the molecule is Cc1nc(N2CCOCC2)[nH]c(=O)c1CCC(=O)NC(C)c1ccc(F)cc1. The Hall–Kier alpha value is -2.74. The number of morpholine rings is 1. The molecule has 1 aliphatic heterocycles. The molecule has 0 radical (unpaired) electrons. The summed E-state index contributed by atoms with van der Waals surface area (Å²) in [5.74, 6) is 0.0572. The van der Waals surface area contributed by atoms with Gasteiger partial charge in [-0.1, -0.05) is 12.1 Å². The van der Waals surface area contributed by atoms with Crippen molar-refractivity contribution < 1.29 is 13.9 Å². The second-order valence-electron chi connectivity index (χ2n) is 6.89. The summed E-state index contributed by atoms with van der Waals surface area (Å²) in [5, 5.41) is 2.87. The maximum atomic E-state index is 13.0. The van der Waals surface area contributed by atoms with E-state index in [0.29, 0.717) is 49.9 Å². The van der Waals surface area contributed by atoms with E-state index in [2.05, 4.69) is 15.3 Å². The predicted molar refractivity (Wildman–Crippen MR) is 104 cm³/mol. The lowest BCUT2D eigenvalue weighted by molar-refractivity contribution is -0.121. The minimum absolute atomic E-state index is 0.173. The average Bonchev–Trinajstić information content (AvgIpc) is 2.68. The number of amides is 1. The van der Waals surface area contributed by atoms with Gasteiger partial charge in [0.2, 0.25) is 11.9 Å². The van der Waals surface area contributed by atoms with E-state index in [-0.39, 0.29) is 29.7 Å². The number of aromatic nitrogens is 2. The van der Waals surface area contributed by atoms with Crippen LogP contribution in [0, 0.1) is 12.7 Å². The van der Waals surface area contributed by atoms with Crippen molar-refractivity contribution in [2.45, 2.75) is 32.7 Å². The van der Waals surface area contributed by atoms with Gasteiger partial charge >= 0.3 is 0 Å². The summed E-state index contributed by atoms with van der Waals surface area (Å²) in [6.45, 7) is 6.21. The molecule has 1 aromatic carbocycles. The van der Waals surface area contributed by atoms with Gasteiger partial charge in [0.05, 0.1) is 19.3 Å². The summed E-state index contributed by atoms with van der Waals surface area (Å²) in [7, 11) is 0. The molecule has 1 unspecified atom stereocenters. The van der Waals surface area contributed by atoms with Crippen LogP contribution in [0.4, 0.5) is 10.3 Å². The molecule has 0 spiro atoms. The molecule has 8 heteroatoms. The highest BCUT2D eigenvalue weighted by atomic mass is 19.1. The van der Waals surface area contributed by atoms with E-state index in [1.807, 2.05) is 11.8 Å². The number of carbonyl (C=O) groups excluding carboxylic acids is 1. The third-order valence-electron chi connectivity index (χ3n) is 4.87. The molecule has 7 nitrogen and oxygen atoms in total. The number of nitrogens with zero attached hydrogens (tertiary/aromatic N) is 2. The van der Waals surface area contributed by atoms with E-state index in [4.69, 9.17) is 4.74 Å². The monoisotopic (exact) mass is 388 g/mol. The van der Waals surface area contributed by atoms with E-state index in [0.717, 1.165) is 5.56 Å². The quantitative estimate of drug-likeness (QED) is 0.789. The Morgan fingerprint density at radius 2 is 2.00 bits per heavy atom. The van der Waals surface area contributed by atoms with E-state index in [9.17, 15) is 14.0 Å². The van der Waals surface area contributed by atoms with Gasteiger partial charge in [-0.2, -0.15) is 0 Å². The Kier molecular flexibility index (Phi) is 6.41. The van der Waals surface area contributed by atoms with Crippen molar-refractivity contribution in [2.24, 2.45) is 0 Å². The zero-order valence-electron chi connectivity index (χ0n) is 16.1. The molecule has 1 amide bonds. The van der Waals surface area contributed by atoms with Crippen molar-refractivity contribution in [3.05, 3.63) is 57.3 Å². The molecule has 0 aliphatic carbocycles. The van der Waals surface area contributed by atoms with Crippen LogP contribution in [0.3, 0.4) is 0 Å². The maximum Gasteiger partial charge on any atom is 0.255 e. The summed E-state index contributed by atoms with van der Waals surface area (Å²) < 4.78 is 18.3. The van der Waals surface area contributed by atoms with Crippen molar-refractivity contribution >= 4 is 11.9 Å². The third-order valence-corrected chi connectivity index (χ3v) is 4.87. The van der Waals surface area contributed by atoms with Crippen LogP contribution in [0.5, 0.6) is 0 Å². The molecule has 0 saturated carbocycles. The van der Waals surface area contributed by atoms with Crippen LogP contribution < -0.4 is 15.8 Å². The molecule has 1 atom stereocenters. The van der Waals surface area contributed by atoms with Crippen LogP contribution >= 0.6 is 0 Å². The Balaban J connectivity index is 1.59. The Bertz CT molecular complexity index is 876. The molecule has 1 fully saturated rings. The number of benzene rings is 1. The van der Waals surface area contributed by atoms with Crippen molar-refractivity contribution in [3.8, 4) is 0 Å². The standard InChI is InChI=1S/C20H25FN4O3/c1-13(15-3-5-16(21)6-4-15)22-18(26)8-7-17-14(2)23-20(24-19(17)27)25-9-11-28-12-10-25/h3-6,13H,7-12H2,1-2H3,(H,22,26)(H,23,24,27). The number of halogens is 1. The van der Waals surface area contributed by atoms with Gasteiger partial charge in [-0.3, -0.25) is 14.6 Å². The first-order valence-corrected chi connectivity index (χ1v) is 9.41. The largest absolute Gasteiger partial charge is 0.378 e. The van der Waals surface area contributed by atoms with E-state index in [1.54, 1.807) is 19.1 Å². The predicted octanol–water partition coefficient (Wildman–Crippen LogP) is 1.86. The molecule has 150 valence electrons. The van der Waals surface area contributed by atoms with Gasteiger partial charge in [0.15, 0.2) is 0 Å². The fourth-order valence-corrected chi connectivity index (χ4v) is 3.20. The van der Waals surface area contributed by atoms with E-state index in [1.165, 1.54) is 12.1 Å². The first kappa shape index (κ1) is 20.0. The van der Waals surface area contributed by atoms with E-state index < -0.39 is 0 Å². The van der Waals surface area contributed by atoms with Gasteiger partial charge in [-0.15, -0.1) is 0 Å². The molecule has 2 aromatic rings. The highest BCUT2D eigenvalue weighted by molar-refractivity contribution is 5.76. The topological polar surface area (TPSA) is 87.3 Å². The van der Waals surface area contributed by atoms with Crippen LogP contribution in [-0.4, -0.2) is 42.2 Å². The molecular formula is C20H25FN4O3. The summed E-state index contributed by atoms with van der Waals surface area (Å²) >= 11 is 0. The number of nitrogens with one attached hydrogen (secondary N) is 2. The molecule has 28 heavy (non-hydrogen) atoms. The molecule has 0 bridgehead atoms. The van der Waals surface area contributed by atoms with Crippen LogP contribution in [0.15, 0.2) is 29.1 Å². The van der Waals surface area contributed by atoms with Gasteiger partial charge in [0.1, 0.15) is 5.82 Å². The number of H-pyrrole nitrogens is 1. The minimum atomic E-state index is -0.315. The highest BCUT2D eigenvalue weighted by Crippen LogP contribution is 2.14. The van der Waals surface area contributed by atoms with Gasteiger partial charge < -0.3 is 15.0 Å². The Morgan fingerprint density at radius 1 is 1.32 bits per heavy atom. The molecule has 2 heterocycles. The van der Waals surface area contributed by atoms with Crippen LogP contribution in [0.2, 0.25) is 0 Å². The molecular weight excluding hydrogens is 363 g/mol. The summed E-state index contributed by atoms with van der Waals surface area (Å²) in [6, 6.07) is 5.77. The summed E-state index contributed by atoms with van der Waals surface area (Å²) in [4.78, 5) is 34.0. The Labute approximate surface area is 162 Å². The number of aromatic amines is 1. The van der Waals surface area contributed by atoms with Gasteiger partial charge in [-0.25, -0.2) is 9.37 Å². The molecule has 1 aliphatic rings. The zero-order valence-corrected chi connectivity index (χ0v) is 16.1. The maximum absolute atomic E-state index is 13.0.